The van der Waals surface area contributed by atoms with E-state index in [0.717, 1.165) is 11.1 Å². The standard InChI is InChI=1S/C15H15BrFN/c1-10-6-3-4-7-11(10)15(18-2)12-8-5-9-13(17)14(12)16/h3-9,15,18H,1-2H3. The number of halogens is 2. The van der Waals surface area contributed by atoms with Gasteiger partial charge in [0.2, 0.25) is 0 Å². The molecule has 0 aliphatic heterocycles. The number of hydrogen-bond acceptors (Lipinski definition) is 1. The van der Waals surface area contributed by atoms with Gasteiger partial charge in [-0.2, -0.15) is 0 Å². The maximum Gasteiger partial charge on any atom is 0.137 e. The average molecular weight is 308 g/mol. The zero-order valence-corrected chi connectivity index (χ0v) is 12.0. The second kappa shape index (κ2) is 5.63. The number of rotatable bonds is 3. The Labute approximate surface area is 115 Å². The molecule has 3 heteroatoms. The van der Waals surface area contributed by atoms with E-state index in [0.29, 0.717) is 4.47 Å². The van der Waals surface area contributed by atoms with E-state index in [2.05, 4.69) is 40.3 Å². The minimum Gasteiger partial charge on any atom is -0.309 e. The minimum atomic E-state index is -0.235. The highest BCUT2D eigenvalue weighted by atomic mass is 79.9. The lowest BCUT2D eigenvalue weighted by Crippen LogP contribution is -2.19. The third kappa shape index (κ3) is 2.47. The van der Waals surface area contributed by atoms with E-state index in [9.17, 15) is 4.39 Å². The predicted molar refractivity (Wildman–Crippen MR) is 76.2 cm³/mol. The maximum absolute atomic E-state index is 13.6. The van der Waals surface area contributed by atoms with Crippen molar-refractivity contribution in [2.24, 2.45) is 0 Å². The van der Waals surface area contributed by atoms with E-state index < -0.39 is 0 Å². The Morgan fingerprint density at radius 3 is 2.39 bits per heavy atom. The Morgan fingerprint density at radius 2 is 1.72 bits per heavy atom. The van der Waals surface area contributed by atoms with E-state index in [-0.39, 0.29) is 11.9 Å². The fraction of sp³-hybridized carbons (Fsp3) is 0.200. The molecule has 1 unspecified atom stereocenters. The first-order valence-electron chi connectivity index (χ1n) is 5.82. The van der Waals surface area contributed by atoms with Gasteiger partial charge in [0.1, 0.15) is 5.82 Å². The molecule has 18 heavy (non-hydrogen) atoms. The Hall–Kier alpha value is -1.19. The highest BCUT2D eigenvalue weighted by Gasteiger charge is 2.18. The molecule has 0 bridgehead atoms. The largest absolute Gasteiger partial charge is 0.309 e. The highest BCUT2D eigenvalue weighted by molar-refractivity contribution is 9.10. The summed E-state index contributed by atoms with van der Waals surface area (Å²) in [4.78, 5) is 0. The van der Waals surface area contributed by atoms with E-state index in [1.54, 1.807) is 6.07 Å². The normalized spacial score (nSPS) is 12.4. The van der Waals surface area contributed by atoms with Crippen LogP contribution in [0.2, 0.25) is 0 Å². The summed E-state index contributed by atoms with van der Waals surface area (Å²) in [7, 11) is 1.88. The summed E-state index contributed by atoms with van der Waals surface area (Å²) < 4.78 is 14.1. The summed E-state index contributed by atoms with van der Waals surface area (Å²) >= 11 is 3.33. The molecule has 1 nitrogen and oxygen atoms in total. The molecule has 0 heterocycles. The van der Waals surface area contributed by atoms with Crippen LogP contribution in [0.4, 0.5) is 4.39 Å². The summed E-state index contributed by atoms with van der Waals surface area (Å²) in [6, 6.07) is 13.2. The Morgan fingerprint density at radius 1 is 1.06 bits per heavy atom. The quantitative estimate of drug-likeness (QED) is 0.896. The lowest BCUT2D eigenvalue weighted by Gasteiger charge is -2.20. The van der Waals surface area contributed by atoms with Gasteiger partial charge < -0.3 is 5.32 Å². The molecule has 0 aromatic heterocycles. The maximum atomic E-state index is 13.6. The van der Waals surface area contributed by atoms with Crippen molar-refractivity contribution in [1.29, 1.82) is 0 Å². The molecular weight excluding hydrogens is 293 g/mol. The molecule has 0 spiro atoms. The van der Waals surface area contributed by atoms with Crippen molar-refractivity contribution in [3.05, 3.63) is 69.4 Å². The van der Waals surface area contributed by atoms with E-state index in [4.69, 9.17) is 0 Å². The summed E-state index contributed by atoms with van der Waals surface area (Å²) in [6.45, 7) is 2.06. The Balaban J connectivity index is 2.53. The van der Waals surface area contributed by atoms with Crippen LogP contribution in [0.1, 0.15) is 22.7 Å². The zero-order valence-electron chi connectivity index (χ0n) is 10.4. The van der Waals surface area contributed by atoms with Crippen molar-refractivity contribution >= 4 is 15.9 Å². The summed E-state index contributed by atoms with van der Waals surface area (Å²) in [6.07, 6.45) is 0. The fourth-order valence-electron chi connectivity index (χ4n) is 2.13. The molecule has 0 fully saturated rings. The van der Waals surface area contributed by atoms with Crippen LogP contribution in [0.15, 0.2) is 46.9 Å². The van der Waals surface area contributed by atoms with Crippen molar-refractivity contribution in [2.75, 3.05) is 7.05 Å². The van der Waals surface area contributed by atoms with Crippen LogP contribution in [0, 0.1) is 12.7 Å². The summed E-state index contributed by atoms with van der Waals surface area (Å²) in [5.41, 5.74) is 3.26. The molecule has 0 radical (unpaired) electrons. The molecule has 0 saturated carbocycles. The van der Waals surface area contributed by atoms with Crippen molar-refractivity contribution in [3.63, 3.8) is 0 Å². The average Bonchev–Trinajstić information content (AvgIpc) is 2.37. The first-order valence-corrected chi connectivity index (χ1v) is 6.61. The van der Waals surface area contributed by atoms with Gasteiger partial charge in [-0.3, -0.25) is 0 Å². The Bertz CT molecular complexity index is 554. The molecule has 0 saturated heterocycles. The number of benzene rings is 2. The third-order valence-corrected chi connectivity index (χ3v) is 3.92. The molecule has 94 valence electrons. The van der Waals surface area contributed by atoms with Gasteiger partial charge in [0.25, 0.3) is 0 Å². The van der Waals surface area contributed by atoms with Gasteiger partial charge in [0, 0.05) is 0 Å². The molecule has 1 N–H and O–H groups in total. The summed E-state index contributed by atoms with van der Waals surface area (Å²) in [5, 5.41) is 3.25. The van der Waals surface area contributed by atoms with E-state index in [1.165, 1.54) is 11.6 Å². The van der Waals surface area contributed by atoms with Crippen LogP contribution in [-0.2, 0) is 0 Å². The zero-order chi connectivity index (χ0) is 13.1. The van der Waals surface area contributed by atoms with Crippen LogP contribution in [-0.4, -0.2) is 7.05 Å². The molecule has 0 aliphatic rings. The van der Waals surface area contributed by atoms with Crippen molar-refractivity contribution in [2.45, 2.75) is 13.0 Å². The topological polar surface area (TPSA) is 12.0 Å². The van der Waals surface area contributed by atoms with Crippen LogP contribution >= 0.6 is 15.9 Å². The van der Waals surface area contributed by atoms with E-state index >= 15 is 0 Å². The van der Waals surface area contributed by atoms with Gasteiger partial charge in [-0.15, -0.1) is 0 Å². The van der Waals surface area contributed by atoms with Crippen molar-refractivity contribution < 1.29 is 4.39 Å². The second-order valence-corrected chi connectivity index (χ2v) is 5.01. The lowest BCUT2D eigenvalue weighted by molar-refractivity contribution is 0.608. The first-order chi connectivity index (χ1) is 8.65. The van der Waals surface area contributed by atoms with Crippen LogP contribution in [0.25, 0.3) is 0 Å². The van der Waals surface area contributed by atoms with Crippen molar-refractivity contribution in [3.8, 4) is 0 Å². The molecule has 0 aliphatic carbocycles. The van der Waals surface area contributed by atoms with E-state index in [1.807, 2.05) is 25.2 Å². The van der Waals surface area contributed by atoms with Gasteiger partial charge >= 0.3 is 0 Å². The number of nitrogens with one attached hydrogen (secondary N) is 1. The molecule has 2 rings (SSSR count). The SMILES string of the molecule is CNC(c1ccccc1C)c1cccc(F)c1Br. The smallest absolute Gasteiger partial charge is 0.137 e. The molecule has 1 atom stereocenters. The van der Waals surface area contributed by atoms with Gasteiger partial charge in [0.15, 0.2) is 0 Å². The van der Waals surface area contributed by atoms with Crippen LogP contribution in [0.5, 0.6) is 0 Å². The summed E-state index contributed by atoms with van der Waals surface area (Å²) in [5.74, 6) is -0.235. The number of hydrogen-bond donors (Lipinski definition) is 1. The van der Waals surface area contributed by atoms with Gasteiger partial charge in [0.05, 0.1) is 10.5 Å². The van der Waals surface area contributed by atoms with Crippen LogP contribution < -0.4 is 5.32 Å². The minimum absolute atomic E-state index is 0.0173. The molecule has 2 aromatic rings. The first kappa shape index (κ1) is 13.2. The fourth-order valence-corrected chi connectivity index (χ4v) is 2.63. The molecule has 2 aromatic carbocycles. The van der Waals surface area contributed by atoms with Crippen molar-refractivity contribution in [1.82, 2.24) is 5.32 Å². The Kier molecular flexibility index (Phi) is 4.15. The highest BCUT2D eigenvalue weighted by Crippen LogP contribution is 2.31. The molecular formula is C15H15BrFN. The second-order valence-electron chi connectivity index (χ2n) is 4.22. The van der Waals surface area contributed by atoms with Gasteiger partial charge in [-0.1, -0.05) is 36.4 Å². The van der Waals surface area contributed by atoms with Gasteiger partial charge in [-0.25, -0.2) is 4.39 Å². The lowest BCUT2D eigenvalue weighted by atomic mass is 9.95. The number of aryl methyl sites for hydroxylation is 1. The predicted octanol–water partition coefficient (Wildman–Crippen LogP) is 4.21. The van der Waals surface area contributed by atoms with Crippen LogP contribution in [0.3, 0.4) is 0 Å². The monoisotopic (exact) mass is 307 g/mol. The van der Waals surface area contributed by atoms with Gasteiger partial charge in [-0.05, 0) is 52.7 Å². The third-order valence-electron chi connectivity index (χ3n) is 3.08. The molecule has 0 amide bonds.